The molecule has 2 aromatic rings. The summed E-state index contributed by atoms with van der Waals surface area (Å²) in [6, 6.07) is 10.4. The molecule has 3 rings (SSSR count). The zero-order valence-electron chi connectivity index (χ0n) is 15.1. The summed E-state index contributed by atoms with van der Waals surface area (Å²) in [6.45, 7) is 5.17. The number of allylic oxidation sites excluding steroid dienone is 2. The van der Waals surface area contributed by atoms with Crippen molar-refractivity contribution < 1.29 is 14.3 Å². The molecule has 1 heterocycles. The quantitative estimate of drug-likeness (QED) is 0.862. The lowest BCUT2D eigenvalue weighted by atomic mass is 9.89. The number of aromatic nitrogens is 1. The van der Waals surface area contributed by atoms with Crippen molar-refractivity contribution in [2.24, 2.45) is 0 Å². The third-order valence-corrected chi connectivity index (χ3v) is 4.39. The molecule has 0 amide bonds. The van der Waals surface area contributed by atoms with Gasteiger partial charge in [0.05, 0.1) is 19.0 Å². The van der Waals surface area contributed by atoms with E-state index >= 15 is 0 Å². The highest BCUT2D eigenvalue weighted by Gasteiger charge is 2.34. The number of carbonyl (C=O) groups is 2. The lowest BCUT2D eigenvalue weighted by molar-refractivity contribution is 0.0944. The number of nitrogens with one attached hydrogen (secondary N) is 1. The zero-order valence-corrected chi connectivity index (χ0v) is 15.1. The first-order valence-electron chi connectivity index (χ1n) is 8.55. The first-order valence-corrected chi connectivity index (χ1v) is 8.55. The third-order valence-electron chi connectivity index (χ3n) is 4.39. The summed E-state index contributed by atoms with van der Waals surface area (Å²) in [4.78, 5) is 32.2. The SMILES string of the molecule is CCN(CC)C1=C(Nc2ccc(OC)nc2)C(=O)c2ccccc2C1=O. The van der Waals surface area contributed by atoms with Crippen LogP contribution in [0.4, 0.5) is 5.69 Å². The molecule has 1 aromatic heterocycles. The highest BCUT2D eigenvalue weighted by atomic mass is 16.5. The Morgan fingerprint density at radius 2 is 1.65 bits per heavy atom. The molecule has 0 aliphatic heterocycles. The van der Waals surface area contributed by atoms with E-state index in [0.717, 1.165) is 0 Å². The second kappa shape index (κ2) is 7.39. The lowest BCUT2D eigenvalue weighted by Gasteiger charge is -2.30. The Bertz CT molecular complexity index is 868. The van der Waals surface area contributed by atoms with Crippen LogP contribution in [0.3, 0.4) is 0 Å². The molecule has 26 heavy (non-hydrogen) atoms. The van der Waals surface area contributed by atoms with Gasteiger partial charge in [-0.25, -0.2) is 4.98 Å². The summed E-state index contributed by atoms with van der Waals surface area (Å²) < 4.78 is 5.06. The zero-order chi connectivity index (χ0) is 18.7. The summed E-state index contributed by atoms with van der Waals surface area (Å²) in [5.74, 6) is 0.135. The maximum atomic E-state index is 13.1. The molecule has 1 N–H and O–H groups in total. The highest BCUT2D eigenvalue weighted by Crippen LogP contribution is 2.29. The molecule has 1 aliphatic carbocycles. The first-order chi connectivity index (χ1) is 12.6. The number of carbonyl (C=O) groups excluding carboxylic acids is 2. The number of hydrogen-bond acceptors (Lipinski definition) is 6. The predicted molar refractivity (Wildman–Crippen MR) is 99.5 cm³/mol. The molecule has 0 bridgehead atoms. The fraction of sp³-hybridized carbons (Fsp3) is 0.250. The molecule has 1 aromatic carbocycles. The predicted octanol–water partition coefficient (Wildman–Crippen LogP) is 3.13. The van der Waals surface area contributed by atoms with Crippen LogP contribution in [0.25, 0.3) is 0 Å². The highest BCUT2D eigenvalue weighted by molar-refractivity contribution is 6.27. The number of pyridine rings is 1. The molecule has 0 spiro atoms. The molecule has 0 atom stereocenters. The summed E-state index contributed by atoms with van der Waals surface area (Å²) in [7, 11) is 1.54. The number of ketones is 2. The second-order valence-corrected chi connectivity index (χ2v) is 5.81. The van der Waals surface area contributed by atoms with Gasteiger partial charge in [-0.1, -0.05) is 24.3 Å². The maximum Gasteiger partial charge on any atom is 0.213 e. The van der Waals surface area contributed by atoms with E-state index in [2.05, 4.69) is 10.3 Å². The van der Waals surface area contributed by atoms with E-state index in [1.54, 1.807) is 42.6 Å². The Hall–Kier alpha value is -3.15. The van der Waals surface area contributed by atoms with Gasteiger partial charge in [0.15, 0.2) is 0 Å². The number of fused-ring (bicyclic) bond motifs is 1. The van der Waals surface area contributed by atoms with E-state index in [9.17, 15) is 9.59 Å². The minimum absolute atomic E-state index is 0.145. The van der Waals surface area contributed by atoms with Gasteiger partial charge in [-0.05, 0) is 19.9 Å². The van der Waals surface area contributed by atoms with E-state index < -0.39 is 0 Å². The molecule has 0 unspecified atom stereocenters. The number of Topliss-reactive ketones (excluding diaryl/α,β-unsaturated/α-hetero) is 2. The maximum absolute atomic E-state index is 13.1. The Morgan fingerprint density at radius 1 is 1.00 bits per heavy atom. The van der Waals surface area contributed by atoms with Crippen molar-refractivity contribution in [3.63, 3.8) is 0 Å². The van der Waals surface area contributed by atoms with Crippen LogP contribution in [0.1, 0.15) is 34.6 Å². The Morgan fingerprint density at radius 3 is 2.19 bits per heavy atom. The van der Waals surface area contributed by atoms with Crippen LogP contribution < -0.4 is 10.1 Å². The van der Waals surface area contributed by atoms with Gasteiger partial charge in [-0.15, -0.1) is 0 Å². The molecule has 0 saturated heterocycles. The van der Waals surface area contributed by atoms with Crippen LogP contribution in [0.2, 0.25) is 0 Å². The van der Waals surface area contributed by atoms with Gasteiger partial charge in [0, 0.05) is 30.3 Å². The summed E-state index contributed by atoms with van der Waals surface area (Å²) in [5.41, 5.74) is 2.15. The van der Waals surface area contributed by atoms with Gasteiger partial charge in [0.25, 0.3) is 0 Å². The van der Waals surface area contributed by atoms with Gasteiger partial charge in [-0.2, -0.15) is 0 Å². The average molecular weight is 351 g/mol. The van der Waals surface area contributed by atoms with Gasteiger partial charge in [0.2, 0.25) is 17.4 Å². The van der Waals surface area contributed by atoms with Crippen LogP contribution in [0, 0.1) is 0 Å². The molecule has 134 valence electrons. The van der Waals surface area contributed by atoms with Crippen molar-refractivity contribution >= 4 is 17.3 Å². The Labute approximate surface area is 152 Å². The van der Waals surface area contributed by atoms with E-state index in [1.807, 2.05) is 18.7 Å². The minimum atomic E-state index is -0.196. The van der Waals surface area contributed by atoms with Gasteiger partial charge >= 0.3 is 0 Å². The topological polar surface area (TPSA) is 71.5 Å². The number of nitrogens with zero attached hydrogens (tertiary/aromatic N) is 2. The smallest absolute Gasteiger partial charge is 0.213 e. The number of anilines is 1. The van der Waals surface area contributed by atoms with Crippen LogP contribution in [-0.4, -0.2) is 41.6 Å². The summed E-state index contributed by atoms with van der Waals surface area (Å²) in [6.07, 6.45) is 1.57. The van der Waals surface area contributed by atoms with E-state index in [4.69, 9.17) is 4.74 Å². The number of methoxy groups -OCH3 is 1. The normalized spacial score (nSPS) is 13.5. The first kappa shape index (κ1) is 17.7. The fourth-order valence-corrected chi connectivity index (χ4v) is 3.04. The number of likely N-dealkylation sites (N-methyl/N-ethyl adjacent to an activating group) is 1. The fourth-order valence-electron chi connectivity index (χ4n) is 3.04. The van der Waals surface area contributed by atoms with E-state index in [1.165, 1.54) is 7.11 Å². The second-order valence-electron chi connectivity index (χ2n) is 5.81. The number of hydrogen-bond donors (Lipinski definition) is 1. The third kappa shape index (κ3) is 3.06. The number of benzene rings is 1. The Kier molecular flexibility index (Phi) is 5.02. The van der Waals surface area contributed by atoms with Gasteiger partial charge in [0.1, 0.15) is 11.4 Å². The van der Waals surface area contributed by atoms with E-state index in [0.29, 0.717) is 41.5 Å². The lowest BCUT2D eigenvalue weighted by Crippen LogP contribution is -2.36. The van der Waals surface area contributed by atoms with Crippen molar-refractivity contribution in [1.82, 2.24) is 9.88 Å². The number of rotatable bonds is 6. The van der Waals surface area contributed by atoms with Crippen molar-refractivity contribution in [1.29, 1.82) is 0 Å². The van der Waals surface area contributed by atoms with Crippen LogP contribution in [0.5, 0.6) is 5.88 Å². The van der Waals surface area contributed by atoms with Crippen LogP contribution in [-0.2, 0) is 0 Å². The minimum Gasteiger partial charge on any atom is -0.481 e. The molecule has 0 radical (unpaired) electrons. The van der Waals surface area contributed by atoms with Gasteiger partial charge < -0.3 is 15.0 Å². The summed E-state index contributed by atoms with van der Waals surface area (Å²) >= 11 is 0. The molecule has 1 aliphatic rings. The van der Waals surface area contributed by atoms with Gasteiger partial charge in [-0.3, -0.25) is 9.59 Å². The Balaban J connectivity index is 2.10. The summed E-state index contributed by atoms with van der Waals surface area (Å²) in [5, 5.41) is 3.10. The van der Waals surface area contributed by atoms with Crippen molar-refractivity contribution in [2.75, 3.05) is 25.5 Å². The number of ether oxygens (including phenoxy) is 1. The standard InChI is InChI=1S/C20H21N3O3/c1-4-23(5-2)18-17(22-13-10-11-16(26-3)21-12-13)19(24)14-8-6-7-9-15(14)20(18)25/h6-12,22H,4-5H2,1-3H3. The van der Waals surface area contributed by atoms with Crippen LogP contribution in [0.15, 0.2) is 54.0 Å². The monoisotopic (exact) mass is 351 g/mol. The molecule has 0 saturated carbocycles. The molecular formula is C20H21N3O3. The van der Waals surface area contributed by atoms with E-state index in [-0.39, 0.29) is 17.3 Å². The molecule has 6 heteroatoms. The van der Waals surface area contributed by atoms with Crippen molar-refractivity contribution in [3.8, 4) is 5.88 Å². The van der Waals surface area contributed by atoms with Crippen molar-refractivity contribution in [2.45, 2.75) is 13.8 Å². The molecule has 0 fully saturated rings. The molecular weight excluding hydrogens is 330 g/mol. The average Bonchev–Trinajstić information content (AvgIpc) is 2.69. The largest absolute Gasteiger partial charge is 0.481 e. The van der Waals surface area contributed by atoms with Crippen LogP contribution >= 0.6 is 0 Å². The van der Waals surface area contributed by atoms with Crippen molar-refractivity contribution in [3.05, 3.63) is 65.1 Å². The molecule has 6 nitrogen and oxygen atoms in total.